The van der Waals surface area contributed by atoms with Gasteiger partial charge < -0.3 is 10.4 Å². The van der Waals surface area contributed by atoms with Crippen LogP contribution in [0.25, 0.3) is 10.9 Å². The van der Waals surface area contributed by atoms with E-state index in [0.717, 1.165) is 59.5 Å². The molecule has 7 heteroatoms. The first-order chi connectivity index (χ1) is 15.3. The molecule has 0 spiro atoms. The van der Waals surface area contributed by atoms with Gasteiger partial charge in [0, 0.05) is 23.5 Å². The van der Waals surface area contributed by atoms with Gasteiger partial charge in [0.15, 0.2) is 0 Å². The Morgan fingerprint density at radius 2 is 1.84 bits per heavy atom. The number of benzene rings is 2. The van der Waals surface area contributed by atoms with E-state index < -0.39 is 10.7 Å². The average Bonchev–Trinajstić information content (AvgIpc) is 2.76. The zero-order chi connectivity index (χ0) is 23.1. The number of rotatable bonds is 11. The number of aryl methyl sites for hydroxylation is 1. The van der Waals surface area contributed by atoms with E-state index in [2.05, 4.69) is 17.2 Å². The lowest BCUT2D eigenvalue weighted by Gasteiger charge is -2.18. The van der Waals surface area contributed by atoms with Crippen molar-refractivity contribution < 1.29 is 14.9 Å². The van der Waals surface area contributed by atoms with Gasteiger partial charge in [0.05, 0.1) is 6.54 Å². The van der Waals surface area contributed by atoms with E-state index in [1.807, 2.05) is 53.1 Å². The highest BCUT2D eigenvalue weighted by molar-refractivity contribution is 8.01. The molecule has 32 heavy (non-hydrogen) atoms. The molecule has 0 aliphatic heterocycles. The van der Waals surface area contributed by atoms with Crippen molar-refractivity contribution in [2.75, 3.05) is 11.9 Å². The third-order valence-corrected chi connectivity index (χ3v) is 6.57. The highest BCUT2D eigenvalue weighted by Crippen LogP contribution is 2.33. The van der Waals surface area contributed by atoms with E-state index in [9.17, 15) is 14.7 Å². The van der Waals surface area contributed by atoms with Gasteiger partial charge >= 0.3 is 11.5 Å². The fraction of sp³-hybridized carbons (Fsp3) is 0.400. The number of anilines is 1. The number of para-hydroxylation sites is 1. The van der Waals surface area contributed by atoms with Gasteiger partial charge in [-0.2, -0.15) is 4.57 Å². The lowest BCUT2D eigenvalue weighted by molar-refractivity contribution is -0.367. The number of unbranched alkanes of at least 4 members (excludes halogenated alkanes) is 1. The highest BCUT2D eigenvalue weighted by Gasteiger charge is 2.28. The summed E-state index contributed by atoms with van der Waals surface area (Å²) in [6.07, 6.45) is 3.67. The molecule has 1 heterocycles. The molecule has 0 aliphatic rings. The molecule has 6 nitrogen and oxygen atoms in total. The Kier molecular flexibility index (Phi) is 7.96. The van der Waals surface area contributed by atoms with Crippen molar-refractivity contribution in [1.29, 1.82) is 0 Å². The van der Waals surface area contributed by atoms with Gasteiger partial charge in [0.1, 0.15) is 15.6 Å². The monoisotopic (exact) mass is 454 g/mol. The van der Waals surface area contributed by atoms with E-state index >= 15 is 0 Å². The maximum Gasteiger partial charge on any atom is 0.345 e. The summed E-state index contributed by atoms with van der Waals surface area (Å²) >= 11 is 1.34. The largest absolute Gasteiger partial charge is 0.480 e. The maximum absolute atomic E-state index is 13.0. The minimum absolute atomic E-state index is 0.0770. The van der Waals surface area contributed by atoms with Gasteiger partial charge in [-0.3, -0.25) is 4.79 Å². The first kappa shape index (κ1) is 23.9. The summed E-state index contributed by atoms with van der Waals surface area (Å²) in [7, 11) is 0. The van der Waals surface area contributed by atoms with Crippen LogP contribution in [0.1, 0.15) is 45.9 Å². The molecule has 0 atom stereocenters. The number of aromatic nitrogens is 2. The zero-order valence-electron chi connectivity index (χ0n) is 19.0. The number of carboxylic acids is 1. The van der Waals surface area contributed by atoms with Crippen LogP contribution in [0.4, 0.5) is 5.69 Å². The molecule has 1 aromatic heterocycles. The Hall–Kier alpha value is -2.80. The third kappa shape index (κ3) is 5.91. The SMILES string of the molecule is CCCc1[nH+]c2ccccc2c(=O)n1CCCCNc1ccc(SC(C)(C)C(=O)O)cc1. The second kappa shape index (κ2) is 10.7. The van der Waals surface area contributed by atoms with Crippen LogP contribution in [0.3, 0.4) is 0 Å². The van der Waals surface area contributed by atoms with Crippen LogP contribution in [0.15, 0.2) is 58.2 Å². The highest BCUT2D eigenvalue weighted by atomic mass is 32.2. The molecule has 0 saturated heterocycles. The summed E-state index contributed by atoms with van der Waals surface area (Å²) in [6, 6.07) is 15.5. The standard InChI is InChI=1S/C25H31N3O3S/c1-4-9-22-27-21-11-6-5-10-20(21)23(29)28(22)17-8-7-16-26-18-12-14-19(15-13-18)32-25(2,3)24(30)31/h5-6,10-15,26H,4,7-9,16-17H2,1-3H3,(H,30,31)/p+1. The summed E-state index contributed by atoms with van der Waals surface area (Å²) in [5.41, 5.74) is 1.98. The Bertz CT molecular complexity index is 1120. The molecule has 0 amide bonds. The number of aromatic amines is 1. The van der Waals surface area contributed by atoms with E-state index in [1.54, 1.807) is 13.8 Å². The van der Waals surface area contributed by atoms with Crippen molar-refractivity contribution in [3.05, 3.63) is 64.7 Å². The Morgan fingerprint density at radius 1 is 1.12 bits per heavy atom. The van der Waals surface area contributed by atoms with Crippen LogP contribution in [-0.2, 0) is 17.8 Å². The number of hydrogen-bond acceptors (Lipinski definition) is 4. The van der Waals surface area contributed by atoms with Crippen molar-refractivity contribution >= 4 is 34.3 Å². The topological polar surface area (TPSA) is 85.5 Å². The minimum Gasteiger partial charge on any atom is -0.480 e. The van der Waals surface area contributed by atoms with Crippen LogP contribution in [0, 0.1) is 0 Å². The first-order valence-electron chi connectivity index (χ1n) is 11.1. The summed E-state index contributed by atoms with van der Waals surface area (Å²) < 4.78 is 1.03. The first-order valence-corrected chi connectivity index (χ1v) is 11.9. The van der Waals surface area contributed by atoms with Crippen LogP contribution >= 0.6 is 11.8 Å². The molecular weight excluding hydrogens is 422 g/mol. The number of fused-ring (bicyclic) bond motifs is 1. The molecular formula is C25H32N3O3S+. The summed E-state index contributed by atoms with van der Waals surface area (Å²) in [4.78, 5) is 28.6. The number of nitrogens with zero attached hydrogens (tertiary/aromatic N) is 1. The summed E-state index contributed by atoms with van der Waals surface area (Å²) in [6.45, 7) is 7.03. The van der Waals surface area contributed by atoms with Crippen LogP contribution < -0.4 is 15.9 Å². The fourth-order valence-electron chi connectivity index (χ4n) is 3.55. The number of nitrogens with one attached hydrogen (secondary N) is 2. The van der Waals surface area contributed by atoms with Crippen LogP contribution in [-0.4, -0.2) is 26.9 Å². The van der Waals surface area contributed by atoms with Crippen LogP contribution in [0.2, 0.25) is 0 Å². The molecule has 0 saturated carbocycles. The smallest absolute Gasteiger partial charge is 0.345 e. The Morgan fingerprint density at radius 3 is 2.53 bits per heavy atom. The normalized spacial score (nSPS) is 11.6. The number of hydrogen-bond donors (Lipinski definition) is 2. The number of H-pyrrole nitrogens is 1. The van der Waals surface area contributed by atoms with Crippen molar-refractivity contribution in [2.24, 2.45) is 0 Å². The number of carboxylic acid groups (broad SMARTS) is 1. The Labute approximate surface area is 193 Å². The predicted molar refractivity (Wildman–Crippen MR) is 130 cm³/mol. The van der Waals surface area contributed by atoms with Crippen LogP contribution in [0.5, 0.6) is 0 Å². The maximum atomic E-state index is 13.0. The fourth-order valence-corrected chi connectivity index (χ4v) is 4.50. The van der Waals surface area contributed by atoms with Gasteiger partial charge in [-0.1, -0.05) is 19.1 Å². The van der Waals surface area contributed by atoms with Gasteiger partial charge in [0.2, 0.25) is 0 Å². The quantitative estimate of drug-likeness (QED) is 0.326. The van der Waals surface area contributed by atoms with E-state index in [1.165, 1.54) is 11.8 Å². The Balaban J connectivity index is 1.54. The van der Waals surface area contributed by atoms with E-state index in [0.29, 0.717) is 6.54 Å². The molecule has 0 bridgehead atoms. The molecule has 3 N–H and O–H groups in total. The molecule has 3 aromatic rings. The molecule has 0 fully saturated rings. The van der Waals surface area contributed by atoms with Crippen molar-refractivity contribution in [1.82, 2.24) is 4.57 Å². The van der Waals surface area contributed by atoms with Gasteiger partial charge in [0.25, 0.3) is 5.82 Å². The average molecular weight is 455 g/mol. The second-order valence-corrected chi connectivity index (χ2v) is 10.1. The summed E-state index contributed by atoms with van der Waals surface area (Å²) in [5.74, 6) is 0.163. The van der Waals surface area contributed by atoms with E-state index in [-0.39, 0.29) is 5.56 Å². The predicted octanol–water partition coefficient (Wildman–Crippen LogP) is 4.62. The lowest BCUT2D eigenvalue weighted by atomic mass is 10.2. The van der Waals surface area contributed by atoms with Crippen molar-refractivity contribution in [2.45, 2.75) is 62.6 Å². The zero-order valence-corrected chi connectivity index (χ0v) is 19.8. The molecule has 0 radical (unpaired) electrons. The molecule has 170 valence electrons. The number of thioether (sulfide) groups is 1. The minimum atomic E-state index is -0.857. The van der Waals surface area contributed by atoms with Crippen molar-refractivity contribution in [3.63, 3.8) is 0 Å². The molecule has 3 rings (SSSR count). The van der Waals surface area contributed by atoms with Gasteiger partial charge in [-0.25, -0.2) is 9.78 Å². The third-order valence-electron chi connectivity index (χ3n) is 5.37. The second-order valence-electron chi connectivity index (χ2n) is 8.40. The molecule has 0 aliphatic carbocycles. The summed E-state index contributed by atoms with van der Waals surface area (Å²) in [5, 5.41) is 13.4. The number of aliphatic carboxylic acids is 1. The van der Waals surface area contributed by atoms with Gasteiger partial charge in [-0.05, 0) is 69.5 Å². The lowest BCUT2D eigenvalue weighted by Crippen LogP contribution is -2.32. The molecule has 2 aromatic carbocycles. The van der Waals surface area contributed by atoms with E-state index in [4.69, 9.17) is 0 Å². The van der Waals surface area contributed by atoms with Gasteiger partial charge in [-0.15, -0.1) is 11.8 Å². The van der Waals surface area contributed by atoms with Crippen molar-refractivity contribution in [3.8, 4) is 0 Å². The number of carbonyl (C=O) groups is 1. The molecule has 0 unspecified atom stereocenters.